The fourth-order valence-corrected chi connectivity index (χ4v) is 3.52. The van der Waals surface area contributed by atoms with E-state index in [1.165, 1.54) is 11.0 Å². The summed E-state index contributed by atoms with van der Waals surface area (Å²) >= 11 is 0. The Labute approximate surface area is 182 Å². The van der Waals surface area contributed by atoms with Crippen molar-refractivity contribution in [3.63, 3.8) is 0 Å². The number of nitrogens with one attached hydrogen (secondary N) is 1. The van der Waals surface area contributed by atoms with Crippen molar-refractivity contribution >= 4 is 22.7 Å². The van der Waals surface area contributed by atoms with Crippen LogP contribution in [0, 0.1) is 0 Å². The Bertz CT molecular complexity index is 1380. The topological polar surface area (TPSA) is 103 Å². The summed E-state index contributed by atoms with van der Waals surface area (Å²) in [4.78, 5) is 29.5. The number of ketones is 1. The van der Waals surface area contributed by atoms with Crippen molar-refractivity contribution in [1.29, 1.82) is 0 Å². The van der Waals surface area contributed by atoms with E-state index < -0.39 is 12.1 Å². The van der Waals surface area contributed by atoms with E-state index in [1.54, 1.807) is 54.7 Å². The Hall–Kier alpha value is -4.59. The molecular weight excluding hydrogens is 406 g/mol. The van der Waals surface area contributed by atoms with Gasteiger partial charge in [0.2, 0.25) is 5.78 Å². The van der Waals surface area contributed by atoms with Gasteiger partial charge in [0.25, 0.3) is 0 Å². The quantitative estimate of drug-likeness (QED) is 0.328. The number of ether oxygens (including phenoxy) is 1. The summed E-state index contributed by atoms with van der Waals surface area (Å²) in [6.45, 7) is 0. The standard InChI is InChI=1S/C24H17N5O3/c30-22(20-14-25-21-9-5-4-8-19(20)21)23(16-6-2-1-3-7-16)32-24(31)17-10-12-18(13-11-17)29-15-26-27-28-29/h1-15,23,25H/t23-/m1/s1. The number of fused-ring (bicyclic) bond motifs is 1. The Morgan fingerprint density at radius 1 is 0.906 bits per heavy atom. The van der Waals surface area contributed by atoms with Gasteiger partial charge in [0.05, 0.1) is 11.3 Å². The molecule has 0 radical (unpaired) electrons. The molecule has 156 valence electrons. The van der Waals surface area contributed by atoms with Crippen LogP contribution in [0.15, 0.2) is 91.4 Å². The zero-order valence-corrected chi connectivity index (χ0v) is 16.8. The van der Waals surface area contributed by atoms with Gasteiger partial charge in [0.1, 0.15) is 6.33 Å². The largest absolute Gasteiger partial charge is 0.445 e. The van der Waals surface area contributed by atoms with Crippen LogP contribution in [-0.4, -0.2) is 36.9 Å². The predicted octanol–water partition coefficient (Wildman–Crippen LogP) is 3.92. The van der Waals surface area contributed by atoms with Crippen LogP contribution in [0.3, 0.4) is 0 Å². The van der Waals surface area contributed by atoms with Crippen LogP contribution >= 0.6 is 0 Å². The Kier molecular flexibility index (Phi) is 5.01. The molecule has 0 saturated heterocycles. The van der Waals surface area contributed by atoms with E-state index in [2.05, 4.69) is 20.5 Å². The Morgan fingerprint density at radius 2 is 1.66 bits per heavy atom. The van der Waals surface area contributed by atoms with E-state index in [-0.39, 0.29) is 5.78 Å². The van der Waals surface area contributed by atoms with Gasteiger partial charge in [0, 0.05) is 28.2 Å². The van der Waals surface area contributed by atoms with Crippen LogP contribution < -0.4 is 0 Å². The first-order valence-corrected chi connectivity index (χ1v) is 9.90. The van der Waals surface area contributed by atoms with Gasteiger partial charge in [-0.2, -0.15) is 0 Å². The smallest absolute Gasteiger partial charge is 0.339 e. The number of hydrogen-bond donors (Lipinski definition) is 1. The molecule has 2 heterocycles. The number of esters is 1. The predicted molar refractivity (Wildman–Crippen MR) is 116 cm³/mol. The molecule has 1 atom stereocenters. The fourth-order valence-electron chi connectivity index (χ4n) is 3.52. The molecule has 2 aromatic heterocycles. The van der Waals surface area contributed by atoms with E-state index in [1.807, 2.05) is 30.3 Å². The van der Waals surface area contributed by atoms with Gasteiger partial charge >= 0.3 is 5.97 Å². The number of carbonyl (C=O) groups excluding carboxylic acids is 2. The van der Waals surface area contributed by atoms with Crippen LogP contribution in [0.2, 0.25) is 0 Å². The van der Waals surface area contributed by atoms with Gasteiger partial charge in [-0.25, -0.2) is 9.48 Å². The van der Waals surface area contributed by atoms with Gasteiger partial charge in [-0.05, 0) is 40.8 Å². The number of H-pyrrole nitrogens is 1. The zero-order chi connectivity index (χ0) is 21.9. The maximum atomic E-state index is 13.5. The van der Waals surface area contributed by atoms with Gasteiger partial charge in [-0.1, -0.05) is 48.5 Å². The second-order valence-electron chi connectivity index (χ2n) is 7.11. The van der Waals surface area contributed by atoms with Gasteiger partial charge in [0.15, 0.2) is 6.10 Å². The molecule has 0 aliphatic carbocycles. The molecule has 3 aromatic carbocycles. The van der Waals surface area contributed by atoms with Crippen molar-refractivity contribution in [3.8, 4) is 5.69 Å². The van der Waals surface area contributed by atoms with E-state index in [9.17, 15) is 9.59 Å². The Balaban J connectivity index is 1.45. The van der Waals surface area contributed by atoms with Crippen LogP contribution in [-0.2, 0) is 4.74 Å². The molecule has 0 aliphatic heterocycles. The molecule has 8 nitrogen and oxygen atoms in total. The number of benzene rings is 3. The fraction of sp³-hybridized carbons (Fsp3) is 0.0417. The highest BCUT2D eigenvalue weighted by atomic mass is 16.5. The van der Waals surface area contributed by atoms with Gasteiger partial charge in [-0.15, -0.1) is 5.10 Å². The third kappa shape index (κ3) is 3.65. The lowest BCUT2D eigenvalue weighted by Crippen LogP contribution is -2.20. The molecule has 5 rings (SSSR count). The summed E-state index contributed by atoms with van der Waals surface area (Å²) in [5, 5.41) is 11.8. The van der Waals surface area contributed by atoms with E-state index in [0.717, 1.165) is 10.9 Å². The molecule has 5 aromatic rings. The van der Waals surface area contributed by atoms with Crippen LogP contribution in [0.4, 0.5) is 0 Å². The second kappa shape index (κ2) is 8.27. The maximum Gasteiger partial charge on any atom is 0.339 e. The second-order valence-corrected chi connectivity index (χ2v) is 7.11. The summed E-state index contributed by atoms with van der Waals surface area (Å²) in [6.07, 6.45) is 2.03. The number of hydrogen-bond acceptors (Lipinski definition) is 6. The summed E-state index contributed by atoms with van der Waals surface area (Å²) in [5.74, 6) is -0.900. The molecule has 0 fully saturated rings. The summed E-state index contributed by atoms with van der Waals surface area (Å²) < 4.78 is 7.21. The molecule has 0 aliphatic rings. The van der Waals surface area contributed by atoms with Crippen molar-refractivity contribution in [3.05, 3.63) is 108 Å². The number of carbonyl (C=O) groups is 2. The van der Waals surface area contributed by atoms with Crippen molar-refractivity contribution in [2.24, 2.45) is 0 Å². The number of nitrogens with zero attached hydrogens (tertiary/aromatic N) is 4. The van der Waals surface area contributed by atoms with Crippen LogP contribution in [0.1, 0.15) is 32.4 Å². The van der Waals surface area contributed by atoms with Crippen molar-refractivity contribution in [2.45, 2.75) is 6.10 Å². The van der Waals surface area contributed by atoms with Crippen molar-refractivity contribution in [1.82, 2.24) is 25.2 Å². The minimum Gasteiger partial charge on any atom is -0.445 e. The van der Waals surface area contributed by atoms with Crippen molar-refractivity contribution < 1.29 is 14.3 Å². The average molecular weight is 423 g/mol. The monoisotopic (exact) mass is 423 g/mol. The van der Waals surface area contributed by atoms with E-state index >= 15 is 0 Å². The molecule has 8 heteroatoms. The summed E-state index contributed by atoms with van der Waals surface area (Å²) in [6, 6.07) is 23.1. The highest BCUT2D eigenvalue weighted by Crippen LogP contribution is 2.28. The number of rotatable bonds is 6. The van der Waals surface area contributed by atoms with Crippen molar-refractivity contribution in [2.75, 3.05) is 0 Å². The third-order valence-electron chi connectivity index (χ3n) is 5.14. The lowest BCUT2D eigenvalue weighted by Gasteiger charge is -2.17. The first kappa shape index (κ1) is 19.4. The lowest BCUT2D eigenvalue weighted by molar-refractivity contribution is 0.0280. The lowest BCUT2D eigenvalue weighted by atomic mass is 9.99. The van der Waals surface area contributed by atoms with E-state index in [0.29, 0.717) is 22.4 Å². The Morgan fingerprint density at radius 3 is 2.41 bits per heavy atom. The SMILES string of the molecule is O=C(O[C@@H](C(=O)c1c[nH]c2ccccc12)c1ccccc1)c1ccc(-n2cnnn2)cc1. The number of aromatic amines is 1. The number of Topliss-reactive ketones (excluding diaryl/α,β-unsaturated/α-hetero) is 1. The normalized spacial score (nSPS) is 11.9. The average Bonchev–Trinajstić information content (AvgIpc) is 3.53. The molecule has 32 heavy (non-hydrogen) atoms. The highest BCUT2D eigenvalue weighted by Gasteiger charge is 2.28. The van der Waals surface area contributed by atoms with Gasteiger partial charge in [-0.3, -0.25) is 4.79 Å². The van der Waals surface area contributed by atoms with E-state index in [4.69, 9.17) is 4.74 Å². The molecule has 0 unspecified atom stereocenters. The number of para-hydroxylation sites is 1. The minimum absolute atomic E-state index is 0.299. The first-order chi connectivity index (χ1) is 15.7. The first-order valence-electron chi connectivity index (χ1n) is 9.90. The minimum atomic E-state index is -1.08. The number of tetrazole rings is 1. The maximum absolute atomic E-state index is 13.5. The zero-order valence-electron chi connectivity index (χ0n) is 16.8. The molecule has 1 N–H and O–H groups in total. The molecule has 0 saturated carbocycles. The summed E-state index contributed by atoms with van der Waals surface area (Å²) in [7, 11) is 0. The summed E-state index contributed by atoms with van der Waals surface area (Å²) in [5.41, 5.74) is 2.92. The van der Waals surface area contributed by atoms with Crippen LogP contribution in [0.5, 0.6) is 0 Å². The van der Waals surface area contributed by atoms with Gasteiger partial charge < -0.3 is 9.72 Å². The third-order valence-corrected chi connectivity index (χ3v) is 5.14. The molecule has 0 spiro atoms. The van der Waals surface area contributed by atoms with Crippen LogP contribution in [0.25, 0.3) is 16.6 Å². The molecule has 0 amide bonds. The molecular formula is C24H17N5O3. The number of aromatic nitrogens is 5. The molecule has 0 bridgehead atoms. The highest BCUT2D eigenvalue weighted by molar-refractivity contribution is 6.11.